The molecule has 2 rings (SSSR count). The summed E-state index contributed by atoms with van der Waals surface area (Å²) in [5.74, 6) is 1.31. The molecule has 0 bridgehead atoms. The van der Waals surface area contributed by atoms with Gasteiger partial charge in [-0.1, -0.05) is 26.2 Å². The monoisotopic (exact) mass is 264 g/mol. The fourth-order valence-electron chi connectivity index (χ4n) is 3.47. The highest BCUT2D eigenvalue weighted by Gasteiger charge is 2.27. The Morgan fingerprint density at radius 2 is 2.21 bits per heavy atom. The zero-order valence-electron chi connectivity index (χ0n) is 12.6. The highest BCUT2D eigenvalue weighted by Crippen LogP contribution is 2.33. The standard InChI is InChI=1S/C16H28N2O/c1-4-13-7-6-8-14(10-13)16(19)11-15-9-12(3)17-18(15)5-2/h9,13-14,16,19H,4-8,10-11H2,1-3H3. The maximum absolute atomic E-state index is 10.5. The number of aromatic nitrogens is 2. The maximum atomic E-state index is 10.5. The summed E-state index contributed by atoms with van der Waals surface area (Å²) in [6.07, 6.45) is 6.85. The lowest BCUT2D eigenvalue weighted by molar-refractivity contribution is 0.0669. The van der Waals surface area contributed by atoms with Crippen LogP contribution in [0.4, 0.5) is 0 Å². The van der Waals surface area contributed by atoms with Crippen molar-refractivity contribution in [1.82, 2.24) is 9.78 Å². The van der Waals surface area contributed by atoms with Crippen molar-refractivity contribution >= 4 is 0 Å². The number of rotatable bonds is 5. The van der Waals surface area contributed by atoms with Crippen LogP contribution in [0.2, 0.25) is 0 Å². The Kier molecular flexibility index (Phi) is 5.03. The molecule has 1 saturated carbocycles. The van der Waals surface area contributed by atoms with Gasteiger partial charge in [-0.25, -0.2) is 0 Å². The molecule has 1 aliphatic carbocycles. The van der Waals surface area contributed by atoms with Gasteiger partial charge in [-0.3, -0.25) is 4.68 Å². The predicted octanol–water partition coefficient (Wildman–Crippen LogP) is 3.33. The summed E-state index contributed by atoms with van der Waals surface area (Å²) in [6.45, 7) is 7.29. The Balaban J connectivity index is 1.97. The second kappa shape index (κ2) is 6.56. The SMILES string of the molecule is CCC1CCCC(C(O)Cc2cc(C)nn2CC)C1. The molecule has 3 unspecified atom stereocenters. The summed E-state index contributed by atoms with van der Waals surface area (Å²) in [6, 6.07) is 2.12. The molecule has 1 aromatic rings. The normalized spacial score (nSPS) is 25.5. The van der Waals surface area contributed by atoms with Crippen molar-refractivity contribution in [3.8, 4) is 0 Å². The number of hydrogen-bond donors (Lipinski definition) is 1. The van der Waals surface area contributed by atoms with Crippen molar-refractivity contribution in [1.29, 1.82) is 0 Å². The van der Waals surface area contributed by atoms with Crippen LogP contribution < -0.4 is 0 Å². The van der Waals surface area contributed by atoms with E-state index >= 15 is 0 Å². The van der Waals surface area contributed by atoms with Gasteiger partial charge < -0.3 is 5.11 Å². The summed E-state index contributed by atoms with van der Waals surface area (Å²) in [5, 5.41) is 15.0. The summed E-state index contributed by atoms with van der Waals surface area (Å²) < 4.78 is 2.03. The fraction of sp³-hybridized carbons (Fsp3) is 0.812. The highest BCUT2D eigenvalue weighted by atomic mass is 16.3. The average molecular weight is 264 g/mol. The van der Waals surface area contributed by atoms with E-state index in [0.29, 0.717) is 5.92 Å². The second-order valence-corrected chi connectivity index (χ2v) is 6.07. The van der Waals surface area contributed by atoms with Crippen molar-refractivity contribution in [3.63, 3.8) is 0 Å². The molecule has 108 valence electrons. The van der Waals surface area contributed by atoms with Crippen LogP contribution in [0.25, 0.3) is 0 Å². The van der Waals surface area contributed by atoms with Gasteiger partial charge in [0.05, 0.1) is 11.8 Å². The summed E-state index contributed by atoms with van der Waals surface area (Å²) in [5.41, 5.74) is 2.24. The van der Waals surface area contributed by atoms with E-state index in [-0.39, 0.29) is 6.10 Å². The first-order valence-electron chi connectivity index (χ1n) is 7.85. The summed E-state index contributed by atoms with van der Waals surface area (Å²) >= 11 is 0. The predicted molar refractivity (Wildman–Crippen MR) is 78.1 cm³/mol. The van der Waals surface area contributed by atoms with Gasteiger partial charge in [0.25, 0.3) is 0 Å². The molecule has 1 fully saturated rings. The molecule has 0 radical (unpaired) electrons. The molecule has 19 heavy (non-hydrogen) atoms. The average Bonchev–Trinajstić information content (AvgIpc) is 2.78. The lowest BCUT2D eigenvalue weighted by atomic mass is 9.77. The Hall–Kier alpha value is -0.830. The van der Waals surface area contributed by atoms with Crippen molar-refractivity contribution in [2.24, 2.45) is 11.8 Å². The molecule has 3 atom stereocenters. The number of aliphatic hydroxyl groups is 1. The van der Waals surface area contributed by atoms with Crippen molar-refractivity contribution in [2.45, 2.75) is 71.9 Å². The largest absolute Gasteiger partial charge is 0.392 e. The van der Waals surface area contributed by atoms with Gasteiger partial charge in [0.1, 0.15) is 0 Å². The molecule has 1 heterocycles. The molecule has 1 aromatic heterocycles. The topological polar surface area (TPSA) is 38.1 Å². The lowest BCUT2D eigenvalue weighted by Crippen LogP contribution is -2.29. The van der Waals surface area contributed by atoms with Crippen LogP contribution >= 0.6 is 0 Å². The molecule has 1 N–H and O–H groups in total. The third kappa shape index (κ3) is 3.59. The van der Waals surface area contributed by atoms with Crippen LogP contribution in [0.15, 0.2) is 6.07 Å². The Morgan fingerprint density at radius 1 is 1.42 bits per heavy atom. The van der Waals surface area contributed by atoms with E-state index in [2.05, 4.69) is 25.0 Å². The number of aliphatic hydroxyl groups excluding tert-OH is 1. The third-order valence-corrected chi connectivity index (χ3v) is 4.65. The molecular weight excluding hydrogens is 236 g/mol. The van der Waals surface area contributed by atoms with E-state index in [1.54, 1.807) is 0 Å². The summed E-state index contributed by atoms with van der Waals surface area (Å²) in [4.78, 5) is 0. The van der Waals surface area contributed by atoms with Crippen LogP contribution in [0, 0.1) is 18.8 Å². The number of hydrogen-bond acceptors (Lipinski definition) is 2. The Labute approximate surface area is 117 Å². The van der Waals surface area contributed by atoms with Gasteiger partial charge >= 0.3 is 0 Å². The van der Waals surface area contributed by atoms with Crippen LogP contribution in [0.3, 0.4) is 0 Å². The molecule has 0 amide bonds. The van der Waals surface area contributed by atoms with Crippen molar-refractivity contribution in [2.75, 3.05) is 0 Å². The Morgan fingerprint density at radius 3 is 2.89 bits per heavy atom. The second-order valence-electron chi connectivity index (χ2n) is 6.07. The molecular formula is C16H28N2O. The first-order chi connectivity index (χ1) is 9.13. The Bertz CT molecular complexity index is 399. The van der Waals surface area contributed by atoms with Crippen LogP contribution in [-0.4, -0.2) is 21.0 Å². The first-order valence-corrected chi connectivity index (χ1v) is 7.85. The van der Waals surface area contributed by atoms with E-state index in [1.165, 1.54) is 37.8 Å². The van der Waals surface area contributed by atoms with Gasteiger partial charge in [0, 0.05) is 18.7 Å². The first kappa shape index (κ1) is 14.6. The zero-order valence-corrected chi connectivity index (χ0v) is 12.6. The van der Waals surface area contributed by atoms with E-state index in [0.717, 1.165) is 24.6 Å². The van der Waals surface area contributed by atoms with Crippen LogP contribution in [0.5, 0.6) is 0 Å². The number of nitrogens with zero attached hydrogens (tertiary/aromatic N) is 2. The molecule has 0 spiro atoms. The minimum atomic E-state index is -0.198. The van der Waals surface area contributed by atoms with E-state index in [9.17, 15) is 5.11 Å². The molecule has 1 aliphatic rings. The van der Waals surface area contributed by atoms with Gasteiger partial charge in [0.2, 0.25) is 0 Å². The molecule has 3 heteroatoms. The zero-order chi connectivity index (χ0) is 13.8. The fourth-order valence-corrected chi connectivity index (χ4v) is 3.47. The van der Waals surface area contributed by atoms with Gasteiger partial charge in [-0.05, 0) is 44.6 Å². The van der Waals surface area contributed by atoms with Crippen molar-refractivity contribution in [3.05, 3.63) is 17.5 Å². The van der Waals surface area contributed by atoms with E-state index < -0.39 is 0 Å². The van der Waals surface area contributed by atoms with Crippen LogP contribution in [0.1, 0.15) is 57.3 Å². The quantitative estimate of drug-likeness (QED) is 0.886. The smallest absolute Gasteiger partial charge is 0.0623 e. The highest BCUT2D eigenvalue weighted by molar-refractivity contribution is 5.10. The van der Waals surface area contributed by atoms with Gasteiger partial charge in [0.15, 0.2) is 0 Å². The van der Waals surface area contributed by atoms with E-state index in [4.69, 9.17) is 0 Å². The molecule has 0 aromatic carbocycles. The minimum Gasteiger partial charge on any atom is -0.392 e. The summed E-state index contributed by atoms with van der Waals surface area (Å²) in [7, 11) is 0. The minimum absolute atomic E-state index is 0.198. The van der Waals surface area contributed by atoms with Gasteiger partial charge in [-0.15, -0.1) is 0 Å². The van der Waals surface area contributed by atoms with E-state index in [1.807, 2.05) is 11.6 Å². The third-order valence-electron chi connectivity index (χ3n) is 4.65. The van der Waals surface area contributed by atoms with Crippen molar-refractivity contribution < 1.29 is 5.11 Å². The number of aryl methyl sites for hydroxylation is 2. The molecule has 0 aliphatic heterocycles. The molecule has 0 saturated heterocycles. The lowest BCUT2D eigenvalue weighted by Gasteiger charge is -2.31. The molecule has 3 nitrogen and oxygen atoms in total. The van der Waals surface area contributed by atoms with Crippen LogP contribution in [-0.2, 0) is 13.0 Å². The van der Waals surface area contributed by atoms with Gasteiger partial charge in [-0.2, -0.15) is 5.10 Å². The maximum Gasteiger partial charge on any atom is 0.0623 e.